The van der Waals surface area contributed by atoms with E-state index >= 15 is 0 Å². The molecular weight excluding hydrogens is 238 g/mol. The van der Waals surface area contributed by atoms with Crippen LogP contribution in [0.2, 0.25) is 0 Å². The average Bonchev–Trinajstić information content (AvgIpc) is 2.93. The highest BCUT2D eigenvalue weighted by atomic mass is 16.2. The van der Waals surface area contributed by atoms with Gasteiger partial charge in [-0.25, -0.2) is 0 Å². The van der Waals surface area contributed by atoms with Gasteiger partial charge in [-0.3, -0.25) is 4.79 Å². The van der Waals surface area contributed by atoms with Crippen molar-refractivity contribution in [3.05, 3.63) is 35.4 Å². The zero-order valence-electron chi connectivity index (χ0n) is 11.2. The summed E-state index contributed by atoms with van der Waals surface area (Å²) in [6.45, 7) is 2.76. The summed E-state index contributed by atoms with van der Waals surface area (Å²) in [7, 11) is 0. The lowest BCUT2D eigenvalue weighted by Crippen LogP contribution is -2.35. The maximum Gasteiger partial charge on any atom is 0.255 e. The van der Waals surface area contributed by atoms with Crippen molar-refractivity contribution < 1.29 is 9.90 Å². The summed E-state index contributed by atoms with van der Waals surface area (Å²) < 4.78 is 0. The molecular formula is C16H19NO2. The number of nitrogens with zero attached hydrogens (tertiary/aromatic N) is 1. The molecule has 1 aliphatic heterocycles. The molecule has 1 aromatic carbocycles. The molecule has 1 atom stereocenters. The number of likely N-dealkylation sites (tertiary alicyclic amines) is 1. The molecule has 1 N–H and O–H groups in total. The number of amides is 1. The summed E-state index contributed by atoms with van der Waals surface area (Å²) in [6, 6.07) is 7.71. The van der Waals surface area contributed by atoms with Gasteiger partial charge < -0.3 is 10.0 Å². The van der Waals surface area contributed by atoms with E-state index in [1.165, 1.54) is 0 Å². The Labute approximate surface area is 114 Å². The Bertz CT molecular complexity index is 513. The number of aliphatic hydroxyl groups is 1. The lowest BCUT2D eigenvalue weighted by atomic mass is 10.1. The zero-order chi connectivity index (χ0) is 13.7. The molecule has 1 heterocycles. The molecule has 1 unspecified atom stereocenters. The Hall–Kier alpha value is -1.79. The fourth-order valence-corrected chi connectivity index (χ4v) is 2.60. The monoisotopic (exact) mass is 257 g/mol. The van der Waals surface area contributed by atoms with E-state index in [1.807, 2.05) is 29.2 Å². The maximum absolute atomic E-state index is 12.6. The van der Waals surface area contributed by atoms with E-state index in [1.54, 1.807) is 0 Å². The summed E-state index contributed by atoms with van der Waals surface area (Å²) in [5, 5.41) is 8.78. The van der Waals surface area contributed by atoms with Crippen LogP contribution in [0.1, 0.15) is 42.1 Å². The van der Waals surface area contributed by atoms with E-state index in [0.717, 1.165) is 25.8 Å². The fraction of sp³-hybridized carbons (Fsp3) is 0.438. The van der Waals surface area contributed by atoms with Gasteiger partial charge >= 0.3 is 0 Å². The molecule has 1 saturated heterocycles. The number of carbonyl (C=O) groups is 1. The van der Waals surface area contributed by atoms with Crippen LogP contribution in [0.5, 0.6) is 0 Å². The minimum absolute atomic E-state index is 0.0622. The molecule has 0 saturated carbocycles. The molecule has 3 nitrogen and oxygen atoms in total. The SMILES string of the molecule is CCC1CCCN1C(=O)c1ccccc1C#CCO. The van der Waals surface area contributed by atoms with Crippen LogP contribution in [-0.2, 0) is 0 Å². The first kappa shape index (κ1) is 13.6. The topological polar surface area (TPSA) is 40.5 Å². The Kier molecular flexibility index (Phi) is 4.59. The Morgan fingerprint density at radius 2 is 2.26 bits per heavy atom. The van der Waals surface area contributed by atoms with Gasteiger partial charge in [0.15, 0.2) is 0 Å². The highest BCUT2D eigenvalue weighted by molar-refractivity contribution is 5.97. The average molecular weight is 257 g/mol. The van der Waals surface area contributed by atoms with Crippen molar-refractivity contribution in [2.45, 2.75) is 32.2 Å². The molecule has 3 heteroatoms. The summed E-state index contributed by atoms with van der Waals surface area (Å²) in [4.78, 5) is 14.6. The summed E-state index contributed by atoms with van der Waals surface area (Å²) in [6.07, 6.45) is 3.16. The van der Waals surface area contributed by atoms with Crippen LogP contribution in [0.25, 0.3) is 0 Å². The predicted octanol–water partition coefficient (Wildman–Crippen LogP) is 2.05. The summed E-state index contributed by atoms with van der Waals surface area (Å²) in [5.41, 5.74) is 1.34. The van der Waals surface area contributed by atoms with Gasteiger partial charge in [0.25, 0.3) is 5.91 Å². The molecule has 0 aliphatic carbocycles. The number of aliphatic hydroxyl groups excluding tert-OH is 1. The highest BCUT2D eigenvalue weighted by Crippen LogP contribution is 2.23. The maximum atomic E-state index is 12.6. The number of hydrogen-bond donors (Lipinski definition) is 1. The molecule has 0 bridgehead atoms. The van der Waals surface area contributed by atoms with Gasteiger partial charge in [0, 0.05) is 18.2 Å². The van der Waals surface area contributed by atoms with E-state index < -0.39 is 0 Å². The quantitative estimate of drug-likeness (QED) is 0.824. The van der Waals surface area contributed by atoms with Gasteiger partial charge in [-0.05, 0) is 31.4 Å². The minimum atomic E-state index is -0.191. The second-order valence-electron chi connectivity index (χ2n) is 4.71. The molecule has 1 amide bonds. The first-order chi connectivity index (χ1) is 9.27. The number of hydrogen-bond acceptors (Lipinski definition) is 2. The van der Waals surface area contributed by atoms with Gasteiger partial charge in [0.2, 0.25) is 0 Å². The Balaban J connectivity index is 2.28. The van der Waals surface area contributed by atoms with E-state index in [9.17, 15) is 4.79 Å². The van der Waals surface area contributed by atoms with Crippen LogP contribution in [0.4, 0.5) is 0 Å². The Morgan fingerprint density at radius 1 is 1.47 bits per heavy atom. The predicted molar refractivity (Wildman–Crippen MR) is 74.8 cm³/mol. The smallest absolute Gasteiger partial charge is 0.255 e. The largest absolute Gasteiger partial charge is 0.384 e. The molecule has 1 aromatic rings. The van der Waals surface area contributed by atoms with E-state index in [-0.39, 0.29) is 12.5 Å². The van der Waals surface area contributed by atoms with Gasteiger partial charge in [-0.2, -0.15) is 0 Å². The molecule has 0 spiro atoms. The standard InChI is InChI=1S/C16H19NO2/c1-2-14-9-5-11-17(14)16(19)15-10-4-3-7-13(15)8-6-12-18/h3-4,7,10,14,18H,2,5,9,11-12H2,1H3. The van der Waals surface area contributed by atoms with Crippen LogP contribution in [0.15, 0.2) is 24.3 Å². The summed E-state index contributed by atoms with van der Waals surface area (Å²) in [5.74, 6) is 5.53. The highest BCUT2D eigenvalue weighted by Gasteiger charge is 2.28. The second-order valence-corrected chi connectivity index (χ2v) is 4.71. The molecule has 0 aromatic heterocycles. The normalized spacial score (nSPS) is 18.0. The van der Waals surface area contributed by atoms with Gasteiger partial charge in [-0.1, -0.05) is 30.9 Å². The van der Waals surface area contributed by atoms with Crippen molar-refractivity contribution in [1.82, 2.24) is 4.90 Å². The molecule has 19 heavy (non-hydrogen) atoms. The first-order valence-corrected chi connectivity index (χ1v) is 6.77. The third kappa shape index (κ3) is 2.97. The van der Waals surface area contributed by atoms with E-state index in [2.05, 4.69) is 18.8 Å². The van der Waals surface area contributed by atoms with Crippen LogP contribution in [-0.4, -0.2) is 35.1 Å². The third-order valence-electron chi connectivity index (χ3n) is 3.57. The molecule has 1 fully saturated rings. The lowest BCUT2D eigenvalue weighted by Gasteiger charge is -2.24. The lowest BCUT2D eigenvalue weighted by molar-refractivity contribution is 0.0733. The van der Waals surface area contributed by atoms with Crippen molar-refractivity contribution in [1.29, 1.82) is 0 Å². The van der Waals surface area contributed by atoms with Crippen molar-refractivity contribution in [2.24, 2.45) is 0 Å². The third-order valence-corrected chi connectivity index (χ3v) is 3.57. The number of carbonyl (C=O) groups excluding carboxylic acids is 1. The van der Waals surface area contributed by atoms with Gasteiger partial charge in [-0.15, -0.1) is 0 Å². The zero-order valence-corrected chi connectivity index (χ0v) is 11.2. The summed E-state index contributed by atoms with van der Waals surface area (Å²) >= 11 is 0. The number of rotatable bonds is 2. The van der Waals surface area contributed by atoms with Crippen LogP contribution in [0, 0.1) is 11.8 Å². The van der Waals surface area contributed by atoms with Crippen LogP contribution in [0.3, 0.4) is 0 Å². The van der Waals surface area contributed by atoms with Crippen LogP contribution >= 0.6 is 0 Å². The second kappa shape index (κ2) is 6.40. The van der Waals surface area contributed by atoms with Gasteiger partial charge in [0.05, 0.1) is 5.56 Å². The molecule has 1 aliphatic rings. The van der Waals surface area contributed by atoms with Gasteiger partial charge in [0.1, 0.15) is 6.61 Å². The molecule has 2 rings (SSSR count). The van der Waals surface area contributed by atoms with Crippen LogP contribution < -0.4 is 0 Å². The fourth-order valence-electron chi connectivity index (χ4n) is 2.60. The first-order valence-electron chi connectivity index (χ1n) is 6.77. The van der Waals surface area contributed by atoms with Crippen molar-refractivity contribution in [2.75, 3.05) is 13.2 Å². The minimum Gasteiger partial charge on any atom is -0.384 e. The molecule has 0 radical (unpaired) electrons. The number of benzene rings is 1. The van der Waals surface area contributed by atoms with Crippen molar-refractivity contribution in [3.63, 3.8) is 0 Å². The molecule has 100 valence electrons. The van der Waals surface area contributed by atoms with E-state index in [4.69, 9.17) is 5.11 Å². The van der Waals surface area contributed by atoms with E-state index in [0.29, 0.717) is 17.2 Å². The van der Waals surface area contributed by atoms with Crippen molar-refractivity contribution in [3.8, 4) is 11.8 Å². The Morgan fingerprint density at radius 3 is 3.00 bits per heavy atom. The van der Waals surface area contributed by atoms with Crippen molar-refractivity contribution >= 4 is 5.91 Å².